The number of aliphatic hydroxyl groups is 1. The minimum atomic E-state index is -5.23. The lowest BCUT2D eigenvalue weighted by molar-refractivity contribution is -0.332. The molecule has 0 unspecified atom stereocenters. The molecule has 2 heterocycles. The van der Waals surface area contributed by atoms with Crippen molar-refractivity contribution in [2.24, 2.45) is 0 Å². The first-order valence-corrected chi connectivity index (χ1v) is 38.3. The summed E-state index contributed by atoms with van der Waals surface area (Å²) < 4.78 is 103. The van der Waals surface area contributed by atoms with Crippen LogP contribution in [-0.2, 0) is 75.1 Å². The van der Waals surface area contributed by atoms with Crippen LogP contribution < -0.4 is 5.32 Å². The van der Waals surface area contributed by atoms with Crippen molar-refractivity contribution in [2.45, 2.75) is 320 Å². The summed E-state index contributed by atoms with van der Waals surface area (Å²) in [5, 5.41) is 15.4. The van der Waals surface area contributed by atoms with E-state index in [0.29, 0.717) is 26.1 Å². The van der Waals surface area contributed by atoms with Crippen LogP contribution in [0.25, 0.3) is 0 Å². The quantitative estimate of drug-likeness (QED) is 0.0187. The summed E-state index contributed by atoms with van der Waals surface area (Å²) in [6, 6.07) is -1.24. The highest BCUT2D eigenvalue weighted by Crippen LogP contribution is 2.43. The number of allylic oxidation sites excluding steroid dienone is 2. The molecule has 90 heavy (non-hydrogen) atoms. The first-order chi connectivity index (χ1) is 43.6. The predicted molar refractivity (Wildman–Crippen MR) is 349 cm³/mol. The zero-order valence-corrected chi connectivity index (χ0v) is 58.5. The fourth-order valence-corrected chi connectivity index (χ4v) is 12.2. The third-order valence-corrected chi connectivity index (χ3v) is 17.5. The molecule has 534 valence electrons. The van der Waals surface area contributed by atoms with Crippen LogP contribution in [0.5, 0.6) is 0 Å². The molecule has 22 nitrogen and oxygen atoms in total. The molecule has 2 rings (SSSR count). The summed E-state index contributed by atoms with van der Waals surface area (Å²) in [5.41, 5.74) is 0. The molecule has 0 bridgehead atoms. The SMILES string of the molecule is CCCCCC/C=C\CCCCCCCCCC(=O)N[C@H]1[C@H](OC[C@H]2O[C@H](OCCOP(=O)(O)O)[C@H](OCCOCCCCCCCCC)[C@@H](OCCOCCCCCCCCC)[C@@H]2O)O[C@H](COC)[C@@H](OP(=O)(O)O)[C@@H]1OCC[C@@H](CCCCCCC)OC. The summed E-state index contributed by atoms with van der Waals surface area (Å²) in [6.45, 7) is 8.89. The molecule has 0 spiro atoms. The Labute approximate surface area is 543 Å². The second-order valence-corrected chi connectivity index (χ2v) is 26.8. The zero-order valence-electron chi connectivity index (χ0n) is 56.7. The van der Waals surface area contributed by atoms with Gasteiger partial charge in [0.2, 0.25) is 5.91 Å². The van der Waals surface area contributed by atoms with E-state index in [1.54, 1.807) is 7.11 Å². The van der Waals surface area contributed by atoms with Crippen LogP contribution in [0.3, 0.4) is 0 Å². The van der Waals surface area contributed by atoms with Crippen molar-refractivity contribution >= 4 is 21.6 Å². The predicted octanol–water partition coefficient (Wildman–Crippen LogP) is 13.0. The molecule has 0 aliphatic carbocycles. The van der Waals surface area contributed by atoms with Crippen LogP contribution in [0.4, 0.5) is 0 Å². The summed E-state index contributed by atoms with van der Waals surface area (Å²) in [6.07, 6.45) is 29.4. The second kappa shape index (κ2) is 56.0. The van der Waals surface area contributed by atoms with Crippen LogP contribution in [-0.4, -0.2) is 185 Å². The second-order valence-electron chi connectivity index (χ2n) is 24.4. The van der Waals surface area contributed by atoms with E-state index < -0.39 is 90.2 Å². The number of nitrogens with one attached hydrogen (secondary N) is 1. The Morgan fingerprint density at radius 2 is 0.944 bits per heavy atom. The number of hydrogen-bond acceptors (Lipinski definition) is 17. The molecule has 24 heteroatoms. The number of amides is 1. The van der Waals surface area contributed by atoms with Crippen molar-refractivity contribution in [2.75, 3.05) is 86.9 Å². The molecular weight excluding hydrogens is 1200 g/mol. The molecule has 0 radical (unpaired) electrons. The number of carbonyl (C=O) groups excluding carboxylic acids is 1. The summed E-state index contributed by atoms with van der Waals surface area (Å²) in [4.78, 5) is 53.9. The Morgan fingerprint density at radius 1 is 0.467 bits per heavy atom. The molecule has 0 aromatic carbocycles. The smallest absolute Gasteiger partial charge is 0.387 e. The molecule has 2 aliphatic rings. The average molecular weight is 1330 g/mol. The van der Waals surface area contributed by atoms with Crippen molar-refractivity contribution < 1.29 is 99.8 Å². The molecule has 11 atom stereocenters. The van der Waals surface area contributed by atoms with Crippen LogP contribution in [0.15, 0.2) is 12.2 Å². The van der Waals surface area contributed by atoms with Gasteiger partial charge in [0.15, 0.2) is 12.6 Å². The molecule has 0 aromatic heterocycles. The van der Waals surface area contributed by atoms with Gasteiger partial charge in [0.25, 0.3) is 0 Å². The number of ether oxygens (including phenoxy) is 11. The van der Waals surface area contributed by atoms with Crippen molar-refractivity contribution in [3.8, 4) is 0 Å². The van der Waals surface area contributed by atoms with Gasteiger partial charge in [-0.05, 0) is 57.8 Å². The lowest BCUT2D eigenvalue weighted by atomic mass is 9.95. The zero-order chi connectivity index (χ0) is 65.8. The number of aliphatic hydroxyl groups excluding tert-OH is 1. The standard InChI is InChI=1S/C66H129NO21P2/c1-7-11-15-19-22-23-24-25-26-27-28-29-30-34-38-42-58(68)67-59-62(80-46-43-55(77-6)41-37-33-18-14-10-4)61(88-90(73,74)75)57(53-76-5)87-65(59)84-54-56-60(69)63(81-49-47-78-44-39-35-31-20-16-12-8-2)64(66(86-56)83-51-52-85-89(70,71)72)82-50-48-79-45-40-36-32-21-17-13-9-3/h23-24,55-57,59-66,69H,7-22,25-54H2,1-6H3,(H,67,68)(H2,70,71,72)(H2,73,74,75)/b24-23-/t55-,56-,57-,59-,60-,61-,62-,63+,64-,65-,66+/m1/s1. The largest absolute Gasteiger partial charge is 0.470 e. The normalized spacial score (nSPS) is 22.9. The van der Waals surface area contributed by atoms with Crippen molar-refractivity contribution in [3.05, 3.63) is 12.2 Å². The highest BCUT2D eigenvalue weighted by molar-refractivity contribution is 7.46. The van der Waals surface area contributed by atoms with Gasteiger partial charge in [0.05, 0.1) is 59.0 Å². The van der Waals surface area contributed by atoms with Crippen LogP contribution >= 0.6 is 15.6 Å². The average Bonchev–Trinajstić information content (AvgIpc) is 0.859. The summed E-state index contributed by atoms with van der Waals surface area (Å²) >= 11 is 0. The van der Waals surface area contributed by atoms with E-state index in [1.165, 1.54) is 84.2 Å². The van der Waals surface area contributed by atoms with Crippen molar-refractivity contribution in [1.29, 1.82) is 0 Å². The number of phosphoric acid groups is 2. The van der Waals surface area contributed by atoms with Crippen molar-refractivity contribution in [3.63, 3.8) is 0 Å². The molecule has 0 aromatic rings. The fraction of sp³-hybridized carbons (Fsp3) is 0.955. The molecule has 1 amide bonds. The van der Waals surface area contributed by atoms with Crippen LogP contribution in [0.2, 0.25) is 0 Å². The van der Waals surface area contributed by atoms with Gasteiger partial charge in [0.1, 0.15) is 48.8 Å². The van der Waals surface area contributed by atoms with Crippen LogP contribution in [0.1, 0.15) is 252 Å². The van der Waals surface area contributed by atoms with E-state index in [9.17, 15) is 38.6 Å². The van der Waals surface area contributed by atoms with E-state index in [4.69, 9.17) is 61.2 Å². The minimum absolute atomic E-state index is 0.0485. The fourth-order valence-electron chi connectivity index (χ4n) is 11.3. The van der Waals surface area contributed by atoms with Gasteiger partial charge in [-0.25, -0.2) is 9.13 Å². The van der Waals surface area contributed by atoms with Gasteiger partial charge in [-0.1, -0.05) is 200 Å². The van der Waals surface area contributed by atoms with Crippen LogP contribution in [0, 0.1) is 0 Å². The number of methoxy groups -OCH3 is 2. The molecule has 6 N–H and O–H groups in total. The highest BCUT2D eigenvalue weighted by Gasteiger charge is 2.53. The van der Waals surface area contributed by atoms with E-state index in [-0.39, 0.29) is 64.7 Å². The molecule has 2 aliphatic heterocycles. The first kappa shape index (κ1) is 85.0. The van der Waals surface area contributed by atoms with Gasteiger partial charge >= 0.3 is 15.6 Å². The Hall–Kier alpha value is -1.05. The van der Waals surface area contributed by atoms with E-state index in [1.807, 2.05) is 0 Å². The topological polar surface area (TPSA) is 284 Å². The lowest BCUT2D eigenvalue weighted by Gasteiger charge is -2.47. The highest BCUT2D eigenvalue weighted by atomic mass is 31.2. The summed E-state index contributed by atoms with van der Waals surface area (Å²) in [5.74, 6) is -0.372. The van der Waals surface area contributed by atoms with Gasteiger partial charge < -0.3 is 82.1 Å². The molecule has 2 saturated heterocycles. The van der Waals surface area contributed by atoms with Gasteiger partial charge in [0, 0.05) is 40.5 Å². The van der Waals surface area contributed by atoms with Gasteiger partial charge in [-0.2, -0.15) is 0 Å². The monoisotopic (exact) mass is 1330 g/mol. The number of unbranched alkanes of at least 4 members (excludes halogenated alkanes) is 27. The maximum absolute atomic E-state index is 14.2. The number of rotatable bonds is 63. The van der Waals surface area contributed by atoms with Crippen molar-refractivity contribution in [1.82, 2.24) is 5.32 Å². The molecular formula is C66H129NO21P2. The third kappa shape index (κ3) is 43.2. The number of hydrogen-bond donors (Lipinski definition) is 6. The number of carbonyl (C=O) groups is 1. The molecule has 0 saturated carbocycles. The van der Waals surface area contributed by atoms with E-state index in [2.05, 4.69) is 45.2 Å². The Kier molecular flexibility index (Phi) is 52.9. The Morgan fingerprint density at radius 3 is 1.48 bits per heavy atom. The Bertz CT molecular complexity index is 1780. The molecule has 2 fully saturated rings. The minimum Gasteiger partial charge on any atom is -0.387 e. The van der Waals surface area contributed by atoms with Gasteiger partial charge in [-0.3, -0.25) is 13.8 Å². The lowest BCUT2D eigenvalue weighted by Crippen LogP contribution is -2.67. The van der Waals surface area contributed by atoms with E-state index in [0.717, 1.165) is 128 Å². The first-order valence-electron chi connectivity index (χ1n) is 35.2. The third-order valence-electron chi connectivity index (χ3n) is 16.5. The maximum Gasteiger partial charge on any atom is 0.470 e. The maximum atomic E-state index is 14.2. The number of phosphoric ester groups is 2. The Balaban J connectivity index is 2.45. The van der Waals surface area contributed by atoms with Gasteiger partial charge in [-0.15, -0.1) is 0 Å². The summed E-state index contributed by atoms with van der Waals surface area (Å²) in [7, 11) is -7.07. The van der Waals surface area contributed by atoms with E-state index >= 15 is 0 Å².